The van der Waals surface area contributed by atoms with Crippen molar-refractivity contribution in [1.82, 2.24) is 4.98 Å². The Bertz CT molecular complexity index is 234. The summed E-state index contributed by atoms with van der Waals surface area (Å²) in [5.74, 6) is -1.75. The minimum absolute atomic E-state index is 0.396. The molecule has 0 bridgehead atoms. The van der Waals surface area contributed by atoms with Gasteiger partial charge in [-0.3, -0.25) is 0 Å². The summed E-state index contributed by atoms with van der Waals surface area (Å²) >= 11 is 0. The lowest BCUT2D eigenvalue weighted by Gasteiger charge is -1.99. The fourth-order valence-corrected chi connectivity index (χ4v) is 0.492. The number of pyridine rings is 1. The van der Waals surface area contributed by atoms with Crippen molar-refractivity contribution < 1.29 is 8.78 Å². The second-order valence-corrected chi connectivity index (χ2v) is 1.72. The second kappa shape index (κ2) is 2.09. The molecule has 0 fully saturated rings. The fourth-order valence-electron chi connectivity index (χ4n) is 0.492. The molecular formula is C5H5F2N3. The van der Waals surface area contributed by atoms with Crippen LogP contribution in [-0.4, -0.2) is 4.98 Å². The van der Waals surface area contributed by atoms with E-state index in [1.807, 2.05) is 0 Å². The number of aromatic nitrogens is 1. The van der Waals surface area contributed by atoms with Gasteiger partial charge in [-0.15, -0.1) is 0 Å². The maximum atomic E-state index is 12.3. The molecular weight excluding hydrogens is 140 g/mol. The van der Waals surface area contributed by atoms with Gasteiger partial charge in [-0.25, -0.2) is 9.37 Å². The first-order valence-corrected chi connectivity index (χ1v) is 2.48. The van der Waals surface area contributed by atoms with Crippen LogP contribution in [0.2, 0.25) is 0 Å². The number of hydrogen-bond donors (Lipinski definition) is 2. The van der Waals surface area contributed by atoms with E-state index >= 15 is 0 Å². The van der Waals surface area contributed by atoms with E-state index < -0.39 is 23.1 Å². The molecule has 0 saturated carbocycles. The van der Waals surface area contributed by atoms with E-state index in [4.69, 9.17) is 11.5 Å². The third-order valence-electron chi connectivity index (χ3n) is 1.06. The fraction of sp³-hybridized carbons (Fsp3) is 0. The van der Waals surface area contributed by atoms with E-state index in [1.165, 1.54) is 0 Å². The van der Waals surface area contributed by atoms with Crippen molar-refractivity contribution in [3.05, 3.63) is 18.0 Å². The van der Waals surface area contributed by atoms with Crippen LogP contribution in [0.25, 0.3) is 0 Å². The Balaban J connectivity index is 3.34. The SMILES string of the molecule is Nc1c(F)cnc(F)c1N. The Morgan fingerprint density at radius 1 is 1.20 bits per heavy atom. The maximum absolute atomic E-state index is 12.3. The zero-order chi connectivity index (χ0) is 7.72. The molecule has 0 spiro atoms. The lowest BCUT2D eigenvalue weighted by atomic mass is 10.3. The zero-order valence-electron chi connectivity index (χ0n) is 4.94. The van der Waals surface area contributed by atoms with Gasteiger partial charge in [-0.05, 0) is 0 Å². The Kier molecular flexibility index (Phi) is 1.41. The molecule has 54 valence electrons. The van der Waals surface area contributed by atoms with Crippen LogP contribution in [0.5, 0.6) is 0 Å². The number of nitrogens with two attached hydrogens (primary N) is 2. The molecule has 10 heavy (non-hydrogen) atoms. The molecule has 0 saturated heterocycles. The number of halogens is 2. The molecule has 1 rings (SSSR count). The van der Waals surface area contributed by atoms with Gasteiger partial charge in [0, 0.05) is 0 Å². The molecule has 0 atom stereocenters. The van der Waals surface area contributed by atoms with Crippen molar-refractivity contribution in [2.45, 2.75) is 0 Å². The Labute approximate surface area is 55.7 Å². The summed E-state index contributed by atoms with van der Waals surface area (Å²) in [7, 11) is 0. The smallest absolute Gasteiger partial charge is 0.238 e. The Morgan fingerprint density at radius 2 is 1.80 bits per heavy atom. The molecule has 0 unspecified atom stereocenters. The highest BCUT2D eigenvalue weighted by Gasteiger charge is 2.07. The summed E-state index contributed by atoms with van der Waals surface area (Å²) in [6, 6.07) is 0. The number of nitrogens with zero attached hydrogens (tertiary/aromatic N) is 1. The minimum atomic E-state index is -0.945. The average Bonchev–Trinajstić information content (AvgIpc) is 1.93. The van der Waals surface area contributed by atoms with E-state index in [9.17, 15) is 8.78 Å². The lowest BCUT2D eigenvalue weighted by Crippen LogP contribution is -2.02. The zero-order valence-corrected chi connectivity index (χ0v) is 4.94. The van der Waals surface area contributed by atoms with Crippen LogP contribution in [0.3, 0.4) is 0 Å². The molecule has 4 N–H and O–H groups in total. The number of anilines is 2. The molecule has 0 aliphatic rings. The largest absolute Gasteiger partial charge is 0.394 e. The Hall–Kier alpha value is -1.39. The van der Waals surface area contributed by atoms with E-state index in [2.05, 4.69) is 4.98 Å². The summed E-state index contributed by atoms with van der Waals surface area (Å²) in [5.41, 5.74) is 9.14. The molecule has 5 heteroatoms. The predicted octanol–water partition coefficient (Wildman–Crippen LogP) is 0.524. The molecule has 1 aromatic rings. The van der Waals surface area contributed by atoms with Crippen molar-refractivity contribution in [3.63, 3.8) is 0 Å². The number of rotatable bonds is 0. The first-order valence-electron chi connectivity index (χ1n) is 2.48. The molecule has 3 nitrogen and oxygen atoms in total. The normalized spacial score (nSPS) is 9.80. The van der Waals surface area contributed by atoms with Crippen LogP contribution in [0.4, 0.5) is 20.2 Å². The topological polar surface area (TPSA) is 64.9 Å². The minimum Gasteiger partial charge on any atom is -0.394 e. The van der Waals surface area contributed by atoms with Gasteiger partial charge in [0.15, 0.2) is 5.82 Å². The molecule has 0 aromatic carbocycles. The highest BCUT2D eigenvalue weighted by molar-refractivity contribution is 5.62. The second-order valence-electron chi connectivity index (χ2n) is 1.72. The molecule has 1 aromatic heterocycles. The van der Waals surface area contributed by atoms with Gasteiger partial charge in [-0.2, -0.15) is 4.39 Å². The predicted molar refractivity (Wildman–Crippen MR) is 33.0 cm³/mol. The Morgan fingerprint density at radius 3 is 2.30 bits per heavy atom. The molecule has 0 radical (unpaired) electrons. The van der Waals surface area contributed by atoms with E-state index in [1.54, 1.807) is 0 Å². The van der Waals surface area contributed by atoms with Crippen molar-refractivity contribution in [2.75, 3.05) is 11.5 Å². The van der Waals surface area contributed by atoms with E-state index in [0.29, 0.717) is 6.20 Å². The van der Waals surface area contributed by atoms with Gasteiger partial charge in [-0.1, -0.05) is 0 Å². The third kappa shape index (κ3) is 0.854. The van der Waals surface area contributed by atoms with Crippen LogP contribution in [-0.2, 0) is 0 Å². The molecule has 0 aliphatic carbocycles. The van der Waals surface area contributed by atoms with Gasteiger partial charge in [0.05, 0.1) is 11.9 Å². The maximum Gasteiger partial charge on any atom is 0.238 e. The van der Waals surface area contributed by atoms with Crippen molar-refractivity contribution >= 4 is 11.4 Å². The van der Waals surface area contributed by atoms with Crippen LogP contribution >= 0.6 is 0 Å². The van der Waals surface area contributed by atoms with Gasteiger partial charge in [0.25, 0.3) is 0 Å². The van der Waals surface area contributed by atoms with Crippen LogP contribution < -0.4 is 11.5 Å². The highest BCUT2D eigenvalue weighted by atomic mass is 19.1. The van der Waals surface area contributed by atoms with Gasteiger partial charge >= 0.3 is 0 Å². The van der Waals surface area contributed by atoms with Gasteiger partial charge in [0.1, 0.15) is 5.69 Å². The van der Waals surface area contributed by atoms with Crippen LogP contribution in [0.15, 0.2) is 6.20 Å². The molecule has 0 amide bonds. The first-order chi connectivity index (χ1) is 4.63. The van der Waals surface area contributed by atoms with Crippen LogP contribution in [0.1, 0.15) is 0 Å². The quantitative estimate of drug-likeness (QED) is 0.523. The number of hydrogen-bond acceptors (Lipinski definition) is 3. The standard InChI is InChI=1S/C5H5F2N3/c6-2-1-10-5(7)4(9)3(2)8/h1H,9H2,(H2,8,10). The van der Waals surface area contributed by atoms with E-state index in [0.717, 1.165) is 0 Å². The lowest BCUT2D eigenvalue weighted by molar-refractivity contribution is 0.568. The van der Waals surface area contributed by atoms with Crippen molar-refractivity contribution in [2.24, 2.45) is 0 Å². The monoisotopic (exact) mass is 145 g/mol. The van der Waals surface area contributed by atoms with Crippen molar-refractivity contribution in [3.8, 4) is 0 Å². The van der Waals surface area contributed by atoms with E-state index in [-0.39, 0.29) is 0 Å². The van der Waals surface area contributed by atoms with Gasteiger partial charge in [0.2, 0.25) is 5.95 Å². The summed E-state index contributed by atoms with van der Waals surface area (Å²) in [5, 5.41) is 0. The molecule has 1 heterocycles. The third-order valence-corrected chi connectivity index (χ3v) is 1.06. The summed E-state index contributed by atoms with van der Waals surface area (Å²) in [6.45, 7) is 0. The molecule has 0 aliphatic heterocycles. The van der Waals surface area contributed by atoms with Gasteiger partial charge < -0.3 is 11.5 Å². The average molecular weight is 145 g/mol. The summed E-state index contributed by atoms with van der Waals surface area (Å²) < 4.78 is 24.6. The van der Waals surface area contributed by atoms with Crippen LogP contribution in [0, 0.1) is 11.8 Å². The summed E-state index contributed by atoms with van der Waals surface area (Å²) in [6.07, 6.45) is 0.682. The highest BCUT2D eigenvalue weighted by Crippen LogP contribution is 2.18. The number of nitrogen functional groups attached to an aromatic ring is 2. The first kappa shape index (κ1) is 6.73. The van der Waals surface area contributed by atoms with Crippen molar-refractivity contribution in [1.29, 1.82) is 0 Å². The summed E-state index contributed by atoms with van der Waals surface area (Å²) in [4.78, 5) is 2.99.